The van der Waals surface area contributed by atoms with Crippen LogP contribution in [-0.4, -0.2) is 24.9 Å². The lowest BCUT2D eigenvalue weighted by atomic mass is 10.0. The maximum atomic E-state index is 13.4. The Balaban J connectivity index is 1.76. The summed E-state index contributed by atoms with van der Waals surface area (Å²) in [6.45, 7) is 10.5. The third kappa shape index (κ3) is 17.6. The van der Waals surface area contributed by atoms with Crippen molar-refractivity contribution in [1.29, 1.82) is 0 Å². The molecule has 2 N–H and O–H groups in total. The summed E-state index contributed by atoms with van der Waals surface area (Å²) in [7, 11) is 0. The minimum absolute atomic E-state index is 0.0758. The van der Waals surface area contributed by atoms with Crippen molar-refractivity contribution in [3.8, 4) is 19.5 Å². The second-order valence-electron chi connectivity index (χ2n) is 15.2. The monoisotopic (exact) mass is 782 g/mol. The molecule has 0 aromatic carbocycles. The van der Waals surface area contributed by atoms with E-state index in [1.165, 1.54) is 159 Å². The SMILES string of the molecule is CCCCCCCCNC(=O)c1cc(CCCCCCCC)c(-c2ccc(-c3sc(C(=O)NCCCCCCCC)cc3CCCCCCCC)s2)s1. The summed E-state index contributed by atoms with van der Waals surface area (Å²) in [6.07, 6.45) is 31.9. The molecule has 53 heavy (non-hydrogen) atoms. The molecule has 0 atom stereocenters. The lowest BCUT2D eigenvalue weighted by Crippen LogP contribution is -2.23. The van der Waals surface area contributed by atoms with E-state index in [1.807, 2.05) is 11.3 Å². The Morgan fingerprint density at radius 3 is 1.11 bits per heavy atom. The van der Waals surface area contributed by atoms with Crippen molar-refractivity contribution in [2.45, 2.75) is 195 Å². The van der Waals surface area contributed by atoms with Gasteiger partial charge in [0.05, 0.1) is 9.75 Å². The molecular formula is C46H74N2O2S3. The minimum Gasteiger partial charge on any atom is -0.351 e. The van der Waals surface area contributed by atoms with Gasteiger partial charge >= 0.3 is 0 Å². The summed E-state index contributed by atoms with van der Waals surface area (Å²) in [5.41, 5.74) is 2.63. The Morgan fingerprint density at radius 1 is 0.434 bits per heavy atom. The van der Waals surface area contributed by atoms with E-state index in [-0.39, 0.29) is 11.8 Å². The second kappa shape index (κ2) is 28.4. The zero-order chi connectivity index (χ0) is 37.9. The molecule has 0 saturated heterocycles. The quantitative estimate of drug-likeness (QED) is 0.0620. The predicted octanol–water partition coefficient (Wildman–Crippen LogP) is 15.2. The van der Waals surface area contributed by atoms with Crippen molar-refractivity contribution in [2.75, 3.05) is 13.1 Å². The van der Waals surface area contributed by atoms with Crippen molar-refractivity contribution in [1.82, 2.24) is 10.6 Å². The van der Waals surface area contributed by atoms with Crippen LogP contribution in [0.3, 0.4) is 0 Å². The first-order valence-corrected chi connectivity index (χ1v) is 24.4. The van der Waals surface area contributed by atoms with Gasteiger partial charge in [-0.1, -0.05) is 156 Å². The highest BCUT2D eigenvalue weighted by atomic mass is 32.1. The smallest absolute Gasteiger partial charge is 0.261 e. The van der Waals surface area contributed by atoms with Crippen LogP contribution in [0.25, 0.3) is 19.5 Å². The molecule has 2 amide bonds. The number of nitrogens with one attached hydrogen (secondary N) is 2. The van der Waals surface area contributed by atoms with E-state index in [4.69, 9.17) is 0 Å². The Bertz CT molecular complexity index is 1300. The van der Waals surface area contributed by atoms with Crippen molar-refractivity contribution in [2.24, 2.45) is 0 Å². The van der Waals surface area contributed by atoms with Gasteiger partial charge in [0.2, 0.25) is 0 Å². The van der Waals surface area contributed by atoms with Crippen LogP contribution < -0.4 is 10.6 Å². The molecule has 3 rings (SSSR count). The van der Waals surface area contributed by atoms with Crippen molar-refractivity contribution in [3.05, 3.63) is 45.1 Å². The van der Waals surface area contributed by atoms with Crippen LogP contribution in [0.2, 0.25) is 0 Å². The van der Waals surface area contributed by atoms with E-state index in [2.05, 4.69) is 62.6 Å². The van der Waals surface area contributed by atoms with Crippen LogP contribution in [0.1, 0.15) is 212 Å². The summed E-state index contributed by atoms with van der Waals surface area (Å²) >= 11 is 5.17. The molecule has 0 unspecified atom stereocenters. The molecular weight excluding hydrogens is 709 g/mol. The number of hydrogen-bond donors (Lipinski definition) is 2. The third-order valence-corrected chi connectivity index (χ3v) is 14.1. The number of aryl methyl sites for hydroxylation is 2. The number of hydrogen-bond acceptors (Lipinski definition) is 5. The zero-order valence-electron chi connectivity index (χ0n) is 34.1. The number of amides is 2. The highest BCUT2D eigenvalue weighted by Gasteiger charge is 2.21. The Labute approximate surface area is 336 Å². The Hall–Kier alpha value is -1.96. The van der Waals surface area contributed by atoms with Gasteiger partial charge in [-0.15, -0.1) is 34.0 Å². The fraction of sp³-hybridized carbons (Fsp3) is 0.696. The van der Waals surface area contributed by atoms with Crippen LogP contribution in [0.15, 0.2) is 24.3 Å². The Morgan fingerprint density at radius 2 is 0.755 bits per heavy atom. The first-order valence-electron chi connectivity index (χ1n) is 21.9. The van der Waals surface area contributed by atoms with Gasteiger partial charge in [0.1, 0.15) is 0 Å². The zero-order valence-corrected chi connectivity index (χ0v) is 36.6. The fourth-order valence-corrected chi connectivity index (χ4v) is 10.6. The summed E-state index contributed by atoms with van der Waals surface area (Å²) in [6, 6.07) is 8.90. The Kier molecular flexibility index (Phi) is 24.4. The standard InChI is InChI=1S/C46H74N2O2S3/c1-5-9-13-17-21-25-29-37-35-41(45(49)47-33-27-23-19-15-11-7-3)52-43(37)39-31-32-40(51-39)44-38(30-26-22-18-14-10-6-2)36-42(53-44)46(50)48-34-28-24-20-16-12-8-4/h31-32,35-36H,5-30,33-34H2,1-4H3,(H,47,49)(H,48,50). The van der Waals surface area contributed by atoms with Gasteiger partial charge in [-0.25, -0.2) is 0 Å². The van der Waals surface area contributed by atoms with Crippen LogP contribution in [-0.2, 0) is 12.8 Å². The van der Waals surface area contributed by atoms with E-state index in [0.29, 0.717) is 0 Å². The number of unbranched alkanes of at least 4 members (excludes halogenated alkanes) is 20. The third-order valence-electron chi connectivity index (χ3n) is 10.4. The normalized spacial score (nSPS) is 11.4. The number of carbonyl (C=O) groups excluding carboxylic acids is 2. The molecule has 0 spiro atoms. The van der Waals surface area contributed by atoms with Gasteiger partial charge in [0, 0.05) is 32.6 Å². The maximum Gasteiger partial charge on any atom is 0.261 e. The molecule has 4 nitrogen and oxygen atoms in total. The summed E-state index contributed by atoms with van der Waals surface area (Å²) in [4.78, 5) is 33.4. The molecule has 7 heteroatoms. The van der Waals surface area contributed by atoms with Gasteiger partial charge in [0.15, 0.2) is 0 Å². The number of rotatable bonds is 32. The van der Waals surface area contributed by atoms with Gasteiger partial charge in [0.25, 0.3) is 11.8 Å². The molecule has 0 aliphatic carbocycles. The molecule has 0 aliphatic heterocycles. The van der Waals surface area contributed by atoms with Crippen LogP contribution >= 0.6 is 34.0 Å². The van der Waals surface area contributed by atoms with E-state index < -0.39 is 0 Å². The lowest BCUT2D eigenvalue weighted by molar-refractivity contribution is 0.0948. The molecule has 0 aliphatic rings. The van der Waals surface area contributed by atoms with Crippen molar-refractivity contribution in [3.63, 3.8) is 0 Å². The molecule has 0 saturated carbocycles. The lowest BCUT2D eigenvalue weighted by Gasteiger charge is -2.04. The van der Waals surface area contributed by atoms with Gasteiger partial charge in [-0.05, 0) is 73.9 Å². The highest BCUT2D eigenvalue weighted by molar-refractivity contribution is 7.27. The fourth-order valence-electron chi connectivity index (χ4n) is 7.03. The van der Waals surface area contributed by atoms with Gasteiger partial charge in [-0.2, -0.15) is 0 Å². The summed E-state index contributed by atoms with van der Waals surface area (Å²) < 4.78 is 0. The molecule has 0 fully saturated rings. The van der Waals surface area contributed by atoms with Crippen molar-refractivity contribution < 1.29 is 9.59 Å². The highest BCUT2D eigenvalue weighted by Crippen LogP contribution is 2.44. The number of carbonyl (C=O) groups is 2. The maximum absolute atomic E-state index is 13.4. The first-order chi connectivity index (χ1) is 26.0. The predicted molar refractivity (Wildman–Crippen MR) is 237 cm³/mol. The second-order valence-corrected chi connectivity index (χ2v) is 18.4. The largest absolute Gasteiger partial charge is 0.351 e. The van der Waals surface area contributed by atoms with E-state index in [1.54, 1.807) is 22.7 Å². The average molecular weight is 783 g/mol. The molecule has 3 heterocycles. The van der Waals surface area contributed by atoms with E-state index >= 15 is 0 Å². The molecule has 0 bridgehead atoms. The van der Waals surface area contributed by atoms with E-state index in [9.17, 15) is 9.59 Å². The first kappa shape index (κ1) is 45.4. The van der Waals surface area contributed by atoms with E-state index in [0.717, 1.165) is 61.4 Å². The topological polar surface area (TPSA) is 58.2 Å². The summed E-state index contributed by atoms with van der Waals surface area (Å²) in [5, 5.41) is 6.46. The summed E-state index contributed by atoms with van der Waals surface area (Å²) in [5.74, 6) is 0.152. The molecule has 0 radical (unpaired) electrons. The van der Waals surface area contributed by atoms with Crippen molar-refractivity contribution >= 4 is 45.8 Å². The van der Waals surface area contributed by atoms with Crippen LogP contribution in [0.4, 0.5) is 0 Å². The van der Waals surface area contributed by atoms with Crippen LogP contribution in [0.5, 0.6) is 0 Å². The minimum atomic E-state index is 0.0758. The molecule has 298 valence electrons. The average Bonchev–Trinajstić information content (AvgIpc) is 3.92. The number of thiophene rings is 3. The van der Waals surface area contributed by atoms with Gasteiger partial charge < -0.3 is 10.6 Å². The van der Waals surface area contributed by atoms with Gasteiger partial charge in [-0.3, -0.25) is 9.59 Å². The molecule has 3 aromatic heterocycles. The van der Waals surface area contributed by atoms with Crippen LogP contribution in [0, 0.1) is 0 Å². The molecule has 3 aromatic rings.